The second kappa shape index (κ2) is 6.49. The maximum Gasteiger partial charge on any atom is 0.0597 e. The van der Waals surface area contributed by atoms with Crippen LogP contribution in [0.5, 0.6) is 0 Å². The van der Waals surface area contributed by atoms with Gasteiger partial charge >= 0.3 is 0 Å². The topological polar surface area (TPSA) is 33.1 Å². The van der Waals surface area contributed by atoms with Crippen LogP contribution in [-0.2, 0) is 13.6 Å². The number of piperazine rings is 1. The summed E-state index contributed by atoms with van der Waals surface area (Å²) < 4.78 is 2.03. The van der Waals surface area contributed by atoms with Crippen LogP contribution in [0.4, 0.5) is 0 Å². The fourth-order valence-corrected chi connectivity index (χ4v) is 3.27. The molecule has 1 aliphatic heterocycles. The summed E-state index contributed by atoms with van der Waals surface area (Å²) in [6, 6.07) is 3.42. The van der Waals surface area contributed by atoms with Crippen molar-refractivity contribution in [1.29, 1.82) is 0 Å². The first-order chi connectivity index (χ1) is 9.81. The number of aromatic nitrogens is 2. The van der Waals surface area contributed by atoms with E-state index in [0.29, 0.717) is 17.5 Å². The molecule has 2 unspecified atom stereocenters. The van der Waals surface area contributed by atoms with Gasteiger partial charge in [0, 0.05) is 38.8 Å². The van der Waals surface area contributed by atoms with Gasteiger partial charge in [0.25, 0.3) is 0 Å². The molecule has 4 nitrogen and oxygen atoms in total. The normalized spacial score (nSPS) is 24.5. The fourth-order valence-electron chi connectivity index (χ4n) is 3.27. The molecule has 1 fully saturated rings. The summed E-state index contributed by atoms with van der Waals surface area (Å²) in [5.41, 5.74) is 2.74. The Balaban J connectivity index is 2.12. The molecule has 0 amide bonds. The van der Waals surface area contributed by atoms with Crippen LogP contribution in [0.15, 0.2) is 6.07 Å². The molecule has 0 spiro atoms. The average molecular weight is 292 g/mol. The first kappa shape index (κ1) is 16.5. The van der Waals surface area contributed by atoms with E-state index < -0.39 is 0 Å². The molecule has 1 aromatic rings. The van der Waals surface area contributed by atoms with Crippen molar-refractivity contribution in [1.82, 2.24) is 20.0 Å². The van der Waals surface area contributed by atoms with Crippen LogP contribution < -0.4 is 5.32 Å². The number of hydrogen-bond acceptors (Lipinski definition) is 3. The van der Waals surface area contributed by atoms with Gasteiger partial charge in [-0.3, -0.25) is 9.58 Å². The van der Waals surface area contributed by atoms with Crippen LogP contribution in [0.1, 0.15) is 51.9 Å². The third-order valence-electron chi connectivity index (χ3n) is 4.66. The minimum atomic E-state index is 0.303. The molecule has 0 bridgehead atoms. The predicted molar refractivity (Wildman–Crippen MR) is 88.3 cm³/mol. The van der Waals surface area contributed by atoms with Crippen molar-refractivity contribution in [2.75, 3.05) is 13.1 Å². The van der Waals surface area contributed by atoms with Crippen LogP contribution in [-0.4, -0.2) is 39.9 Å². The molecule has 1 aromatic heterocycles. The molecule has 0 radical (unpaired) electrons. The molecule has 120 valence electrons. The van der Waals surface area contributed by atoms with Gasteiger partial charge < -0.3 is 5.32 Å². The highest BCUT2D eigenvalue weighted by Crippen LogP contribution is 2.25. The van der Waals surface area contributed by atoms with Crippen LogP contribution in [0.25, 0.3) is 0 Å². The Labute approximate surface area is 129 Å². The van der Waals surface area contributed by atoms with Crippen LogP contribution in [0.3, 0.4) is 0 Å². The molecular weight excluding hydrogens is 260 g/mol. The highest BCUT2D eigenvalue weighted by Gasteiger charge is 2.33. The number of hydrogen-bond donors (Lipinski definition) is 1. The van der Waals surface area contributed by atoms with Gasteiger partial charge in [-0.2, -0.15) is 5.10 Å². The SMILES string of the molecule is CCCC1CNC(C(C)(C)C)CN1Cc1cc(C)nn1C. The van der Waals surface area contributed by atoms with Crippen LogP contribution in [0, 0.1) is 12.3 Å². The number of nitrogens with one attached hydrogen (secondary N) is 1. The molecule has 0 saturated carbocycles. The van der Waals surface area contributed by atoms with Crippen molar-refractivity contribution >= 4 is 0 Å². The van der Waals surface area contributed by atoms with E-state index in [1.807, 2.05) is 4.68 Å². The van der Waals surface area contributed by atoms with Gasteiger partial charge in [-0.25, -0.2) is 0 Å². The summed E-state index contributed by atoms with van der Waals surface area (Å²) in [5, 5.41) is 8.26. The van der Waals surface area contributed by atoms with Gasteiger partial charge in [0.05, 0.1) is 11.4 Å². The maximum absolute atomic E-state index is 4.49. The smallest absolute Gasteiger partial charge is 0.0597 e. The Morgan fingerprint density at radius 1 is 1.38 bits per heavy atom. The summed E-state index contributed by atoms with van der Waals surface area (Å²) in [4.78, 5) is 2.66. The summed E-state index contributed by atoms with van der Waals surface area (Å²) in [7, 11) is 2.06. The molecule has 1 saturated heterocycles. The maximum atomic E-state index is 4.49. The third-order valence-corrected chi connectivity index (χ3v) is 4.66. The molecule has 2 atom stereocenters. The lowest BCUT2D eigenvalue weighted by molar-refractivity contribution is 0.0729. The van der Waals surface area contributed by atoms with Crippen molar-refractivity contribution in [2.45, 2.75) is 66.1 Å². The largest absolute Gasteiger partial charge is 0.311 e. The van der Waals surface area contributed by atoms with Gasteiger partial charge in [0.2, 0.25) is 0 Å². The molecule has 21 heavy (non-hydrogen) atoms. The van der Waals surface area contributed by atoms with Crippen molar-refractivity contribution in [3.05, 3.63) is 17.5 Å². The van der Waals surface area contributed by atoms with Gasteiger partial charge in [-0.1, -0.05) is 34.1 Å². The first-order valence-electron chi connectivity index (χ1n) is 8.28. The Bertz CT molecular complexity index is 458. The average Bonchev–Trinajstić information content (AvgIpc) is 2.69. The molecule has 2 heterocycles. The molecule has 1 aliphatic rings. The van der Waals surface area contributed by atoms with Gasteiger partial charge in [-0.05, 0) is 24.8 Å². The second-order valence-corrected chi connectivity index (χ2v) is 7.60. The Morgan fingerprint density at radius 2 is 2.10 bits per heavy atom. The Kier molecular flexibility index (Phi) is 5.10. The quantitative estimate of drug-likeness (QED) is 0.926. The number of nitrogens with zero attached hydrogens (tertiary/aromatic N) is 3. The molecule has 0 aliphatic carbocycles. The van der Waals surface area contributed by atoms with E-state index in [1.165, 1.54) is 18.5 Å². The number of aryl methyl sites for hydroxylation is 2. The van der Waals surface area contributed by atoms with Crippen molar-refractivity contribution in [2.24, 2.45) is 12.5 Å². The standard InChI is InChI=1S/C17H32N4/c1-7-8-14-10-18-16(17(3,4)5)12-21(14)11-15-9-13(2)19-20(15)6/h9,14,16,18H,7-8,10-12H2,1-6H3. The summed E-state index contributed by atoms with van der Waals surface area (Å²) in [6.07, 6.45) is 2.51. The van der Waals surface area contributed by atoms with Crippen LogP contribution >= 0.6 is 0 Å². The van der Waals surface area contributed by atoms with E-state index in [9.17, 15) is 0 Å². The van der Waals surface area contributed by atoms with Gasteiger partial charge in [-0.15, -0.1) is 0 Å². The minimum absolute atomic E-state index is 0.303. The van der Waals surface area contributed by atoms with E-state index in [1.54, 1.807) is 0 Å². The lowest BCUT2D eigenvalue weighted by atomic mass is 9.84. The van der Waals surface area contributed by atoms with Crippen molar-refractivity contribution in [3.8, 4) is 0 Å². The van der Waals surface area contributed by atoms with Gasteiger partial charge in [0.1, 0.15) is 0 Å². The molecule has 4 heteroatoms. The highest BCUT2D eigenvalue weighted by molar-refractivity contribution is 5.09. The molecule has 1 N–H and O–H groups in total. The van der Waals surface area contributed by atoms with Crippen molar-refractivity contribution < 1.29 is 0 Å². The summed E-state index contributed by atoms with van der Waals surface area (Å²) >= 11 is 0. The van der Waals surface area contributed by atoms with Gasteiger partial charge in [0.15, 0.2) is 0 Å². The zero-order valence-electron chi connectivity index (χ0n) is 14.6. The first-order valence-corrected chi connectivity index (χ1v) is 8.28. The van der Waals surface area contributed by atoms with Crippen molar-refractivity contribution in [3.63, 3.8) is 0 Å². The van der Waals surface area contributed by atoms with E-state index >= 15 is 0 Å². The summed E-state index contributed by atoms with van der Waals surface area (Å²) in [6.45, 7) is 14.6. The lowest BCUT2D eigenvalue weighted by Crippen LogP contribution is -2.59. The zero-order valence-corrected chi connectivity index (χ0v) is 14.6. The Hall–Kier alpha value is -0.870. The molecular formula is C17H32N4. The van der Waals surface area contributed by atoms with E-state index in [0.717, 1.165) is 25.3 Å². The lowest BCUT2D eigenvalue weighted by Gasteiger charge is -2.45. The van der Waals surface area contributed by atoms with E-state index in [4.69, 9.17) is 0 Å². The Morgan fingerprint density at radius 3 is 2.62 bits per heavy atom. The molecule has 2 rings (SSSR count). The zero-order chi connectivity index (χ0) is 15.6. The highest BCUT2D eigenvalue weighted by atomic mass is 15.3. The fraction of sp³-hybridized carbons (Fsp3) is 0.824. The van der Waals surface area contributed by atoms with E-state index in [-0.39, 0.29) is 0 Å². The monoisotopic (exact) mass is 292 g/mol. The predicted octanol–water partition coefficient (Wildman–Crippen LogP) is 2.72. The third kappa shape index (κ3) is 4.07. The van der Waals surface area contributed by atoms with Crippen LogP contribution in [0.2, 0.25) is 0 Å². The second-order valence-electron chi connectivity index (χ2n) is 7.60. The minimum Gasteiger partial charge on any atom is -0.311 e. The number of rotatable bonds is 4. The molecule has 0 aromatic carbocycles. The van der Waals surface area contributed by atoms with E-state index in [2.05, 4.69) is 63.0 Å². The summed E-state index contributed by atoms with van der Waals surface area (Å²) in [5.74, 6) is 0.